The Balaban J connectivity index is 0.00000338. The van der Waals surface area contributed by atoms with E-state index in [1.54, 1.807) is 13.3 Å². The lowest BCUT2D eigenvalue weighted by atomic mass is 9.94. The molecule has 0 atom stereocenters. The Morgan fingerprint density at radius 1 is 1.19 bits per heavy atom. The monoisotopic (exact) mass is 472 g/mol. The summed E-state index contributed by atoms with van der Waals surface area (Å²) >= 11 is 0. The zero-order valence-electron chi connectivity index (χ0n) is 16.1. The first-order valence-corrected chi connectivity index (χ1v) is 8.52. The molecule has 0 saturated heterocycles. The van der Waals surface area contributed by atoms with Crippen LogP contribution >= 0.6 is 24.0 Å². The Bertz CT molecular complexity index is 690. The van der Waals surface area contributed by atoms with Crippen LogP contribution in [-0.4, -0.2) is 24.6 Å². The predicted molar refractivity (Wildman–Crippen MR) is 115 cm³/mol. The van der Waals surface area contributed by atoms with Gasteiger partial charge in [-0.15, -0.1) is 24.0 Å². The van der Waals surface area contributed by atoms with Crippen LogP contribution in [0.3, 0.4) is 0 Å². The number of halogens is 1. The maximum absolute atomic E-state index is 5.79. The second-order valence-corrected chi connectivity index (χ2v) is 6.77. The Morgan fingerprint density at radius 2 is 1.88 bits per heavy atom. The molecule has 1 aromatic carbocycles. The van der Waals surface area contributed by atoms with Crippen LogP contribution in [0.25, 0.3) is 0 Å². The maximum Gasteiger partial charge on any atom is 0.213 e. The van der Waals surface area contributed by atoms with Crippen molar-refractivity contribution >= 4 is 29.9 Å². The van der Waals surface area contributed by atoms with E-state index >= 15 is 0 Å². The molecular formula is C19H29IN4O2. The van der Waals surface area contributed by atoms with Crippen molar-refractivity contribution in [3.05, 3.63) is 47.7 Å². The Hall–Kier alpha value is -1.77. The fourth-order valence-corrected chi connectivity index (χ4v) is 2.14. The number of oxazole rings is 1. The summed E-state index contributed by atoms with van der Waals surface area (Å²) in [5.74, 6) is 3.11. The van der Waals surface area contributed by atoms with Crippen molar-refractivity contribution in [1.82, 2.24) is 15.6 Å². The minimum atomic E-state index is -0.0434. The number of guanidine groups is 1. The third-order valence-corrected chi connectivity index (χ3v) is 3.62. The van der Waals surface area contributed by atoms with Gasteiger partial charge in [-0.3, -0.25) is 0 Å². The second kappa shape index (κ2) is 10.4. The maximum atomic E-state index is 5.79. The number of ether oxygens (including phenoxy) is 1. The predicted octanol–water partition coefficient (Wildman–Crippen LogP) is 3.85. The van der Waals surface area contributed by atoms with Crippen molar-refractivity contribution in [2.75, 3.05) is 13.7 Å². The summed E-state index contributed by atoms with van der Waals surface area (Å²) in [4.78, 5) is 8.92. The van der Waals surface area contributed by atoms with E-state index in [4.69, 9.17) is 9.15 Å². The average Bonchev–Trinajstić information content (AvgIpc) is 3.07. The second-order valence-electron chi connectivity index (χ2n) is 6.77. The van der Waals surface area contributed by atoms with Crippen LogP contribution in [-0.2, 0) is 18.5 Å². The van der Waals surface area contributed by atoms with Gasteiger partial charge in [0.1, 0.15) is 11.5 Å². The van der Waals surface area contributed by atoms with Crippen molar-refractivity contribution < 1.29 is 9.15 Å². The molecule has 7 heteroatoms. The number of hydrogen-bond acceptors (Lipinski definition) is 4. The number of hydrogen-bond donors (Lipinski definition) is 2. The largest absolute Gasteiger partial charge is 0.497 e. The zero-order valence-corrected chi connectivity index (χ0v) is 18.5. The molecule has 0 radical (unpaired) electrons. The SMILES string of the molecule is CCNC(=NCc1ccc(OC)cc1)NCc1ncc(C(C)(C)C)o1.I. The van der Waals surface area contributed by atoms with Gasteiger partial charge in [0, 0.05) is 12.0 Å². The summed E-state index contributed by atoms with van der Waals surface area (Å²) in [5, 5.41) is 6.48. The van der Waals surface area contributed by atoms with Gasteiger partial charge in [-0.25, -0.2) is 9.98 Å². The lowest BCUT2D eigenvalue weighted by Gasteiger charge is -2.13. The first-order chi connectivity index (χ1) is 11.9. The van der Waals surface area contributed by atoms with Crippen LogP contribution in [0.1, 0.15) is 44.9 Å². The van der Waals surface area contributed by atoms with Gasteiger partial charge in [0.05, 0.1) is 26.4 Å². The summed E-state index contributed by atoms with van der Waals surface area (Å²) in [7, 11) is 1.66. The van der Waals surface area contributed by atoms with Gasteiger partial charge >= 0.3 is 0 Å². The molecule has 2 aromatic rings. The fraction of sp³-hybridized carbons (Fsp3) is 0.474. The molecule has 0 aliphatic rings. The molecule has 0 saturated carbocycles. The fourth-order valence-electron chi connectivity index (χ4n) is 2.14. The molecule has 1 aromatic heterocycles. The third-order valence-electron chi connectivity index (χ3n) is 3.62. The average molecular weight is 472 g/mol. The van der Waals surface area contributed by atoms with E-state index in [1.165, 1.54) is 0 Å². The molecule has 144 valence electrons. The molecule has 6 nitrogen and oxygen atoms in total. The van der Waals surface area contributed by atoms with Gasteiger partial charge in [-0.05, 0) is 24.6 Å². The molecule has 26 heavy (non-hydrogen) atoms. The molecule has 0 bridgehead atoms. The van der Waals surface area contributed by atoms with Gasteiger partial charge in [0.25, 0.3) is 0 Å². The highest BCUT2D eigenvalue weighted by molar-refractivity contribution is 14.0. The van der Waals surface area contributed by atoms with Crippen molar-refractivity contribution in [1.29, 1.82) is 0 Å². The molecule has 0 fully saturated rings. The summed E-state index contributed by atoms with van der Waals surface area (Å²) in [5.41, 5.74) is 1.07. The van der Waals surface area contributed by atoms with E-state index in [1.807, 2.05) is 31.2 Å². The van der Waals surface area contributed by atoms with Crippen LogP contribution in [0.15, 0.2) is 39.9 Å². The number of nitrogens with one attached hydrogen (secondary N) is 2. The Morgan fingerprint density at radius 3 is 2.42 bits per heavy atom. The molecule has 0 aliphatic heterocycles. The highest BCUT2D eigenvalue weighted by Crippen LogP contribution is 2.22. The van der Waals surface area contributed by atoms with Crippen molar-refractivity contribution in [3.63, 3.8) is 0 Å². The van der Waals surface area contributed by atoms with E-state index in [-0.39, 0.29) is 29.4 Å². The summed E-state index contributed by atoms with van der Waals surface area (Å²) < 4.78 is 11.0. The van der Waals surface area contributed by atoms with Crippen molar-refractivity contribution in [3.8, 4) is 5.75 Å². The van der Waals surface area contributed by atoms with Crippen LogP contribution in [0, 0.1) is 0 Å². The summed E-state index contributed by atoms with van der Waals surface area (Å²) in [6, 6.07) is 7.89. The number of aliphatic imine (C=N–C) groups is 1. The number of nitrogens with zero attached hydrogens (tertiary/aromatic N) is 2. The van der Waals surface area contributed by atoms with E-state index < -0.39 is 0 Å². The van der Waals surface area contributed by atoms with Crippen LogP contribution < -0.4 is 15.4 Å². The van der Waals surface area contributed by atoms with Crippen LogP contribution in [0.5, 0.6) is 5.75 Å². The standard InChI is InChI=1S/C19H28N4O2.HI/c1-6-20-18(22-11-14-7-9-15(24-5)10-8-14)23-13-17-21-12-16(25-17)19(2,3)4;/h7-10,12H,6,11,13H2,1-5H3,(H2,20,22,23);1H. The molecular weight excluding hydrogens is 443 g/mol. The molecule has 0 unspecified atom stereocenters. The van der Waals surface area contributed by atoms with Crippen LogP contribution in [0.4, 0.5) is 0 Å². The first kappa shape index (κ1) is 22.3. The number of aromatic nitrogens is 1. The van der Waals surface area contributed by atoms with Crippen molar-refractivity contribution in [2.45, 2.75) is 46.2 Å². The molecule has 1 heterocycles. The van der Waals surface area contributed by atoms with E-state index in [0.29, 0.717) is 19.0 Å². The Kier molecular flexibility index (Phi) is 8.91. The minimum absolute atomic E-state index is 0. The number of rotatable bonds is 6. The smallest absolute Gasteiger partial charge is 0.213 e. The highest BCUT2D eigenvalue weighted by atomic mass is 127. The van der Waals surface area contributed by atoms with E-state index in [9.17, 15) is 0 Å². The Labute approximate surface area is 172 Å². The third kappa shape index (κ3) is 6.86. The van der Waals surface area contributed by atoms with Gasteiger partial charge in [0.15, 0.2) is 5.96 Å². The highest BCUT2D eigenvalue weighted by Gasteiger charge is 2.19. The summed E-state index contributed by atoms with van der Waals surface area (Å²) in [6.45, 7) is 10.2. The molecule has 2 rings (SSSR count). The minimum Gasteiger partial charge on any atom is -0.497 e. The zero-order chi connectivity index (χ0) is 18.3. The number of benzene rings is 1. The van der Waals surface area contributed by atoms with E-state index in [0.717, 1.165) is 29.6 Å². The molecule has 0 spiro atoms. The van der Waals surface area contributed by atoms with Gasteiger partial charge < -0.3 is 19.8 Å². The van der Waals surface area contributed by atoms with Gasteiger partial charge in [-0.1, -0.05) is 32.9 Å². The number of methoxy groups -OCH3 is 1. The molecule has 0 amide bonds. The van der Waals surface area contributed by atoms with Crippen LogP contribution in [0.2, 0.25) is 0 Å². The van der Waals surface area contributed by atoms with Gasteiger partial charge in [0.2, 0.25) is 5.89 Å². The topological polar surface area (TPSA) is 71.7 Å². The lowest BCUT2D eigenvalue weighted by molar-refractivity contribution is 0.379. The molecule has 0 aliphatic carbocycles. The quantitative estimate of drug-likeness (QED) is 0.380. The lowest BCUT2D eigenvalue weighted by Crippen LogP contribution is -2.36. The molecule has 2 N–H and O–H groups in total. The van der Waals surface area contributed by atoms with E-state index in [2.05, 4.69) is 41.4 Å². The van der Waals surface area contributed by atoms with Gasteiger partial charge in [-0.2, -0.15) is 0 Å². The first-order valence-electron chi connectivity index (χ1n) is 8.52. The van der Waals surface area contributed by atoms with Crippen molar-refractivity contribution in [2.24, 2.45) is 4.99 Å². The summed E-state index contributed by atoms with van der Waals surface area (Å²) in [6.07, 6.45) is 1.79. The normalized spacial score (nSPS) is 11.7.